The van der Waals surface area contributed by atoms with Crippen LogP contribution in [0.15, 0.2) is 35.3 Å². The fourth-order valence-corrected chi connectivity index (χ4v) is 3.43. The van der Waals surface area contributed by atoms with Crippen molar-refractivity contribution in [2.45, 2.75) is 50.7 Å². The summed E-state index contributed by atoms with van der Waals surface area (Å²) in [6, 6.07) is 10.7. The van der Waals surface area contributed by atoms with Crippen molar-refractivity contribution in [3.8, 4) is 0 Å². The van der Waals surface area contributed by atoms with E-state index in [2.05, 4.69) is 39.9 Å². The summed E-state index contributed by atoms with van der Waals surface area (Å²) in [5, 5.41) is 6.38. The minimum Gasteiger partial charge on any atom is -0.357 e. The fraction of sp³-hybridized carbons (Fsp3) is 0.600. The molecule has 0 aromatic heterocycles. The molecule has 164 valence electrons. The summed E-state index contributed by atoms with van der Waals surface area (Å²) in [6.45, 7) is 0.926. The van der Waals surface area contributed by atoms with Crippen molar-refractivity contribution < 1.29 is 18.0 Å². The molecule has 0 bridgehead atoms. The Morgan fingerprint density at radius 2 is 1.79 bits per heavy atom. The topological polar surface area (TPSA) is 56.7 Å². The van der Waals surface area contributed by atoms with Crippen LogP contribution in [-0.2, 0) is 4.79 Å². The second-order valence-corrected chi connectivity index (χ2v) is 7.16. The second kappa shape index (κ2) is 12.2. The molecule has 1 aromatic carbocycles. The number of nitrogens with one attached hydrogen (secondary N) is 2. The van der Waals surface area contributed by atoms with Crippen LogP contribution in [0.4, 0.5) is 13.2 Å². The van der Waals surface area contributed by atoms with E-state index in [1.807, 2.05) is 13.0 Å². The number of halogens is 4. The van der Waals surface area contributed by atoms with Crippen LogP contribution in [0.2, 0.25) is 0 Å². The molecule has 2 N–H and O–H groups in total. The highest BCUT2D eigenvalue weighted by Gasteiger charge is 2.31. The predicted molar refractivity (Wildman–Crippen MR) is 120 cm³/mol. The molecule has 1 amide bonds. The molecular weight excluding hydrogens is 496 g/mol. The van der Waals surface area contributed by atoms with Gasteiger partial charge in [-0.25, -0.2) is 4.99 Å². The second-order valence-electron chi connectivity index (χ2n) is 7.16. The van der Waals surface area contributed by atoms with Crippen molar-refractivity contribution in [1.29, 1.82) is 0 Å². The van der Waals surface area contributed by atoms with Gasteiger partial charge in [-0.2, -0.15) is 13.2 Å². The third kappa shape index (κ3) is 9.22. The molecule has 1 aromatic rings. The summed E-state index contributed by atoms with van der Waals surface area (Å²) >= 11 is 0. The van der Waals surface area contributed by atoms with Gasteiger partial charge < -0.3 is 15.5 Å². The van der Waals surface area contributed by atoms with Gasteiger partial charge in [-0.3, -0.25) is 4.79 Å². The Morgan fingerprint density at radius 1 is 1.17 bits per heavy atom. The Labute approximate surface area is 187 Å². The maximum Gasteiger partial charge on any atom is 0.406 e. The molecule has 29 heavy (non-hydrogen) atoms. The Kier molecular flexibility index (Phi) is 10.8. The van der Waals surface area contributed by atoms with E-state index in [0.717, 1.165) is 32.7 Å². The SMILES string of the molecule is CCNC(=NCC(=O)N(C)CC(F)(F)F)NC1CCC(c2ccccc2)CC1.I. The van der Waals surface area contributed by atoms with Crippen LogP contribution in [0.1, 0.15) is 44.1 Å². The molecular formula is C20H30F3IN4O. The number of guanidine groups is 1. The summed E-state index contributed by atoms with van der Waals surface area (Å²) in [4.78, 5) is 16.7. The van der Waals surface area contributed by atoms with Gasteiger partial charge in [0.15, 0.2) is 5.96 Å². The summed E-state index contributed by atoms with van der Waals surface area (Å²) < 4.78 is 37.2. The highest BCUT2D eigenvalue weighted by Crippen LogP contribution is 2.32. The number of carbonyl (C=O) groups is 1. The first kappa shape index (κ1) is 25.5. The summed E-state index contributed by atoms with van der Waals surface area (Å²) in [5.41, 5.74) is 1.36. The van der Waals surface area contributed by atoms with Gasteiger partial charge in [-0.1, -0.05) is 30.3 Å². The van der Waals surface area contributed by atoms with Crippen molar-refractivity contribution in [1.82, 2.24) is 15.5 Å². The first-order valence-corrected chi connectivity index (χ1v) is 9.69. The van der Waals surface area contributed by atoms with Crippen molar-refractivity contribution in [2.75, 3.05) is 26.7 Å². The lowest BCUT2D eigenvalue weighted by atomic mass is 9.82. The number of benzene rings is 1. The van der Waals surface area contributed by atoms with E-state index < -0.39 is 18.6 Å². The monoisotopic (exact) mass is 526 g/mol. The highest BCUT2D eigenvalue weighted by atomic mass is 127. The molecule has 1 fully saturated rings. The number of carbonyl (C=O) groups excluding carboxylic acids is 1. The number of hydrogen-bond donors (Lipinski definition) is 2. The number of alkyl halides is 3. The number of hydrogen-bond acceptors (Lipinski definition) is 2. The van der Waals surface area contributed by atoms with Crippen molar-refractivity contribution in [3.05, 3.63) is 35.9 Å². The van der Waals surface area contributed by atoms with E-state index in [4.69, 9.17) is 0 Å². The van der Waals surface area contributed by atoms with Crippen molar-refractivity contribution in [3.63, 3.8) is 0 Å². The van der Waals surface area contributed by atoms with Crippen LogP contribution < -0.4 is 10.6 Å². The van der Waals surface area contributed by atoms with E-state index in [9.17, 15) is 18.0 Å². The van der Waals surface area contributed by atoms with Crippen LogP contribution >= 0.6 is 24.0 Å². The van der Waals surface area contributed by atoms with Gasteiger partial charge in [0.25, 0.3) is 0 Å². The van der Waals surface area contributed by atoms with Gasteiger partial charge in [0, 0.05) is 19.6 Å². The van der Waals surface area contributed by atoms with Gasteiger partial charge >= 0.3 is 6.18 Å². The maximum absolute atomic E-state index is 12.4. The number of rotatable bonds is 6. The number of nitrogens with zero attached hydrogens (tertiary/aromatic N) is 2. The number of amides is 1. The first-order chi connectivity index (χ1) is 13.3. The summed E-state index contributed by atoms with van der Waals surface area (Å²) in [5.74, 6) is 0.359. The van der Waals surface area contributed by atoms with Gasteiger partial charge in [-0.15, -0.1) is 24.0 Å². The molecule has 0 saturated heterocycles. The van der Waals surface area contributed by atoms with E-state index in [1.165, 1.54) is 5.56 Å². The minimum atomic E-state index is -4.41. The zero-order valence-corrected chi connectivity index (χ0v) is 19.2. The molecule has 2 rings (SSSR count). The lowest BCUT2D eigenvalue weighted by Gasteiger charge is -2.30. The molecule has 5 nitrogen and oxygen atoms in total. The quantitative estimate of drug-likeness (QED) is 0.336. The zero-order chi connectivity index (χ0) is 20.6. The molecule has 1 aliphatic rings. The molecule has 9 heteroatoms. The average molecular weight is 526 g/mol. The smallest absolute Gasteiger partial charge is 0.357 e. The normalized spacial score (nSPS) is 19.8. The van der Waals surface area contributed by atoms with Crippen LogP contribution in [-0.4, -0.2) is 55.7 Å². The van der Waals surface area contributed by atoms with Crippen LogP contribution in [0, 0.1) is 0 Å². The zero-order valence-electron chi connectivity index (χ0n) is 16.8. The maximum atomic E-state index is 12.4. The third-order valence-electron chi connectivity index (χ3n) is 4.90. The molecule has 0 radical (unpaired) electrons. The van der Waals surface area contributed by atoms with E-state index in [-0.39, 0.29) is 36.6 Å². The van der Waals surface area contributed by atoms with Gasteiger partial charge in [-0.05, 0) is 44.1 Å². The molecule has 0 aliphatic heterocycles. The van der Waals surface area contributed by atoms with Crippen molar-refractivity contribution in [2.24, 2.45) is 4.99 Å². The lowest BCUT2D eigenvalue weighted by molar-refractivity contribution is -0.157. The van der Waals surface area contributed by atoms with Gasteiger partial charge in [0.2, 0.25) is 5.91 Å². The largest absolute Gasteiger partial charge is 0.406 e. The van der Waals surface area contributed by atoms with Gasteiger partial charge in [0.05, 0.1) is 0 Å². The Balaban J connectivity index is 0.00000420. The average Bonchev–Trinajstić information content (AvgIpc) is 2.66. The van der Waals surface area contributed by atoms with Gasteiger partial charge in [0.1, 0.15) is 13.1 Å². The molecule has 0 heterocycles. The molecule has 0 atom stereocenters. The fourth-order valence-electron chi connectivity index (χ4n) is 3.43. The Hall–Kier alpha value is -1.52. The standard InChI is InChI=1S/C20H29F3N4O.HI/c1-3-24-19(25-13-18(28)27(2)14-20(21,22)23)26-17-11-9-16(10-12-17)15-7-5-4-6-8-15;/h4-8,16-17H,3,9-14H2,1-2H3,(H2,24,25,26);1H. The molecule has 0 unspecified atom stereocenters. The minimum absolute atomic E-state index is 0. The number of aliphatic imine (C=N–C) groups is 1. The van der Waals surface area contributed by atoms with Crippen LogP contribution in [0.3, 0.4) is 0 Å². The van der Waals surface area contributed by atoms with Crippen LogP contribution in [0.25, 0.3) is 0 Å². The summed E-state index contributed by atoms with van der Waals surface area (Å²) in [6.07, 6.45) is -0.325. The predicted octanol–water partition coefficient (Wildman–Crippen LogP) is 3.91. The molecule has 1 saturated carbocycles. The number of likely N-dealkylation sites (N-methyl/N-ethyl adjacent to an activating group) is 1. The Bertz CT molecular complexity index is 647. The molecule has 1 aliphatic carbocycles. The summed E-state index contributed by atoms with van der Waals surface area (Å²) in [7, 11) is 1.14. The van der Waals surface area contributed by atoms with E-state index >= 15 is 0 Å². The highest BCUT2D eigenvalue weighted by molar-refractivity contribution is 14.0. The Morgan fingerprint density at radius 3 is 2.34 bits per heavy atom. The van der Waals surface area contributed by atoms with Crippen molar-refractivity contribution >= 4 is 35.8 Å². The third-order valence-corrected chi connectivity index (χ3v) is 4.90. The first-order valence-electron chi connectivity index (χ1n) is 9.69. The van der Waals surface area contributed by atoms with E-state index in [0.29, 0.717) is 23.3 Å². The molecule has 0 spiro atoms. The van der Waals surface area contributed by atoms with E-state index in [1.54, 1.807) is 0 Å². The van der Waals surface area contributed by atoms with Crippen LogP contribution in [0.5, 0.6) is 0 Å². The lowest BCUT2D eigenvalue weighted by Crippen LogP contribution is -2.45.